The quantitative estimate of drug-likeness (QED) is 0.375. The largest absolute Gasteiger partial charge is 0.322 e. The van der Waals surface area contributed by atoms with Gasteiger partial charge in [-0.3, -0.25) is 4.79 Å². The molecule has 0 unspecified atom stereocenters. The number of carbonyl (C=O) groups excluding carboxylic acids is 1. The van der Waals surface area contributed by atoms with Crippen LogP contribution >= 0.6 is 11.3 Å². The highest BCUT2D eigenvalue weighted by Gasteiger charge is 2.28. The van der Waals surface area contributed by atoms with Gasteiger partial charge in [0.1, 0.15) is 0 Å². The number of fused-ring (bicyclic) bond motifs is 1. The Kier molecular flexibility index (Phi) is 4.95. The molecule has 1 aliphatic rings. The van der Waals surface area contributed by atoms with Crippen LogP contribution in [-0.2, 0) is 0 Å². The minimum Gasteiger partial charge on any atom is -0.322 e. The monoisotopic (exact) mass is 470 g/mol. The van der Waals surface area contributed by atoms with E-state index in [4.69, 9.17) is 4.98 Å². The fourth-order valence-corrected chi connectivity index (χ4v) is 4.67. The third-order valence-corrected chi connectivity index (χ3v) is 6.75. The summed E-state index contributed by atoms with van der Waals surface area (Å²) in [5.74, 6) is 0.544. The van der Waals surface area contributed by atoms with Crippen LogP contribution < -0.4 is 5.32 Å². The Morgan fingerprint density at radius 2 is 2.00 bits per heavy atom. The molecule has 1 fully saturated rings. The van der Waals surface area contributed by atoms with Crippen molar-refractivity contribution in [2.75, 3.05) is 5.32 Å². The molecule has 1 aromatic carbocycles. The minimum absolute atomic E-state index is 0.124. The highest BCUT2D eigenvalue weighted by atomic mass is 32.1. The first-order valence-electron chi connectivity index (χ1n) is 11.2. The van der Waals surface area contributed by atoms with Crippen LogP contribution in [0.15, 0.2) is 54.0 Å². The molecular weight excluding hydrogens is 448 g/mol. The molecule has 4 aromatic heterocycles. The van der Waals surface area contributed by atoms with Gasteiger partial charge in [-0.25, -0.2) is 14.3 Å². The molecule has 5 aromatic rings. The second kappa shape index (κ2) is 8.14. The maximum atomic E-state index is 13.4. The van der Waals surface area contributed by atoms with E-state index in [-0.39, 0.29) is 11.9 Å². The molecule has 10 heteroatoms. The molecule has 1 amide bonds. The van der Waals surface area contributed by atoms with Crippen molar-refractivity contribution in [1.82, 2.24) is 35.0 Å². The SMILES string of the molecule is CC(C)n1ncc2c(C(=O)Nc3ccc(-c4nnnn4C4CC4)cc3)cc(-c3cccs3)nc21. The number of hydrogen-bond donors (Lipinski definition) is 1. The van der Waals surface area contributed by atoms with E-state index < -0.39 is 0 Å². The first-order valence-corrected chi connectivity index (χ1v) is 12.1. The molecule has 4 heterocycles. The van der Waals surface area contributed by atoms with Gasteiger partial charge < -0.3 is 5.32 Å². The van der Waals surface area contributed by atoms with Gasteiger partial charge in [-0.05, 0) is 78.9 Å². The lowest BCUT2D eigenvalue weighted by molar-refractivity contribution is 0.102. The van der Waals surface area contributed by atoms with Crippen molar-refractivity contribution in [1.29, 1.82) is 0 Å². The number of hydrogen-bond acceptors (Lipinski definition) is 7. The van der Waals surface area contributed by atoms with Crippen molar-refractivity contribution in [3.05, 3.63) is 59.6 Å². The van der Waals surface area contributed by atoms with Crippen molar-refractivity contribution in [3.63, 3.8) is 0 Å². The van der Waals surface area contributed by atoms with E-state index in [1.54, 1.807) is 17.5 Å². The summed E-state index contributed by atoms with van der Waals surface area (Å²) in [5, 5.41) is 22.3. The van der Waals surface area contributed by atoms with Gasteiger partial charge in [-0.15, -0.1) is 16.4 Å². The number of anilines is 1. The predicted octanol–water partition coefficient (Wildman–Crippen LogP) is 4.98. The normalized spacial score (nSPS) is 13.6. The molecule has 34 heavy (non-hydrogen) atoms. The van der Waals surface area contributed by atoms with Gasteiger partial charge in [-0.1, -0.05) is 6.07 Å². The summed E-state index contributed by atoms with van der Waals surface area (Å²) in [6, 6.07) is 13.9. The fourth-order valence-electron chi connectivity index (χ4n) is 3.98. The van der Waals surface area contributed by atoms with Crippen LogP contribution in [-0.4, -0.2) is 40.9 Å². The maximum Gasteiger partial charge on any atom is 0.256 e. The number of nitrogens with one attached hydrogen (secondary N) is 1. The van der Waals surface area contributed by atoms with Crippen LogP contribution in [0.1, 0.15) is 49.1 Å². The summed E-state index contributed by atoms with van der Waals surface area (Å²) in [6.07, 6.45) is 3.93. The van der Waals surface area contributed by atoms with E-state index in [1.807, 2.05) is 71.1 Å². The van der Waals surface area contributed by atoms with Gasteiger partial charge in [0, 0.05) is 17.3 Å². The molecule has 0 atom stereocenters. The topological polar surface area (TPSA) is 103 Å². The predicted molar refractivity (Wildman–Crippen MR) is 131 cm³/mol. The lowest BCUT2D eigenvalue weighted by Crippen LogP contribution is -2.13. The van der Waals surface area contributed by atoms with E-state index in [2.05, 4.69) is 25.9 Å². The third-order valence-electron chi connectivity index (χ3n) is 5.86. The van der Waals surface area contributed by atoms with Crippen molar-refractivity contribution < 1.29 is 4.79 Å². The van der Waals surface area contributed by atoms with Crippen LogP contribution in [0.3, 0.4) is 0 Å². The van der Waals surface area contributed by atoms with E-state index in [9.17, 15) is 4.79 Å². The van der Waals surface area contributed by atoms with Gasteiger partial charge >= 0.3 is 0 Å². The molecule has 170 valence electrons. The van der Waals surface area contributed by atoms with Crippen molar-refractivity contribution in [3.8, 4) is 22.0 Å². The van der Waals surface area contributed by atoms with Crippen LogP contribution in [0.4, 0.5) is 5.69 Å². The molecule has 0 spiro atoms. The molecule has 0 radical (unpaired) electrons. The van der Waals surface area contributed by atoms with Crippen LogP contribution in [0.25, 0.3) is 33.0 Å². The fraction of sp³-hybridized carbons (Fsp3) is 0.250. The molecule has 1 saturated carbocycles. The number of rotatable bonds is 6. The van der Waals surface area contributed by atoms with E-state index in [0.717, 1.165) is 40.2 Å². The Bertz CT molecular complexity index is 1480. The Labute approximate surface area is 199 Å². The minimum atomic E-state index is -0.205. The van der Waals surface area contributed by atoms with Gasteiger partial charge in [0.2, 0.25) is 0 Å². The smallest absolute Gasteiger partial charge is 0.256 e. The maximum absolute atomic E-state index is 13.4. The Balaban J connectivity index is 1.33. The summed E-state index contributed by atoms with van der Waals surface area (Å²) >= 11 is 1.59. The van der Waals surface area contributed by atoms with Gasteiger partial charge in [0.15, 0.2) is 11.5 Å². The second-order valence-electron chi connectivity index (χ2n) is 8.66. The van der Waals surface area contributed by atoms with E-state index in [0.29, 0.717) is 22.9 Å². The summed E-state index contributed by atoms with van der Waals surface area (Å²) < 4.78 is 3.72. The molecule has 1 aliphatic carbocycles. The Morgan fingerprint density at radius 3 is 2.71 bits per heavy atom. The number of amides is 1. The summed E-state index contributed by atoms with van der Waals surface area (Å²) in [5.41, 5.74) is 3.62. The molecule has 6 rings (SSSR count). The Hall–Kier alpha value is -3.92. The average Bonchev–Trinajstić information content (AvgIpc) is 3.24. The van der Waals surface area contributed by atoms with Crippen molar-refractivity contribution in [2.24, 2.45) is 0 Å². The number of benzene rings is 1. The van der Waals surface area contributed by atoms with Crippen molar-refractivity contribution in [2.45, 2.75) is 38.8 Å². The first-order chi connectivity index (χ1) is 16.6. The lowest BCUT2D eigenvalue weighted by atomic mass is 10.1. The number of pyridine rings is 1. The summed E-state index contributed by atoms with van der Waals surface area (Å²) in [4.78, 5) is 19.2. The zero-order chi connectivity index (χ0) is 23.2. The molecule has 0 bridgehead atoms. The highest BCUT2D eigenvalue weighted by molar-refractivity contribution is 7.13. The second-order valence-corrected chi connectivity index (χ2v) is 9.61. The average molecular weight is 471 g/mol. The number of tetrazole rings is 1. The van der Waals surface area contributed by atoms with Gasteiger partial charge in [0.05, 0.1) is 33.8 Å². The summed E-state index contributed by atoms with van der Waals surface area (Å²) in [7, 11) is 0. The zero-order valence-electron chi connectivity index (χ0n) is 18.7. The van der Waals surface area contributed by atoms with Gasteiger partial charge in [0.25, 0.3) is 5.91 Å². The third kappa shape index (κ3) is 3.65. The van der Waals surface area contributed by atoms with Gasteiger partial charge in [-0.2, -0.15) is 5.10 Å². The molecular formula is C24H22N8OS. The Morgan fingerprint density at radius 1 is 1.18 bits per heavy atom. The number of aromatic nitrogens is 7. The van der Waals surface area contributed by atoms with Crippen LogP contribution in [0, 0.1) is 0 Å². The molecule has 1 N–H and O–H groups in total. The standard InChI is InChI=1S/C24H22N8OS/c1-14(2)31-23-19(13-25-31)18(12-20(27-23)21-4-3-11-34-21)24(33)26-16-7-5-15(6-8-16)22-28-29-30-32(22)17-9-10-17/h3-8,11-14,17H,9-10H2,1-2H3,(H,26,33). The van der Waals surface area contributed by atoms with E-state index >= 15 is 0 Å². The molecule has 0 saturated heterocycles. The zero-order valence-corrected chi connectivity index (χ0v) is 19.5. The number of nitrogens with zero attached hydrogens (tertiary/aromatic N) is 7. The van der Waals surface area contributed by atoms with Crippen LogP contribution in [0.5, 0.6) is 0 Å². The van der Waals surface area contributed by atoms with Crippen molar-refractivity contribution >= 4 is 34.0 Å². The summed E-state index contributed by atoms with van der Waals surface area (Å²) in [6.45, 7) is 4.10. The number of carbonyl (C=O) groups is 1. The molecule has 0 aliphatic heterocycles. The van der Waals surface area contributed by atoms with Crippen LogP contribution in [0.2, 0.25) is 0 Å². The molecule has 9 nitrogen and oxygen atoms in total. The lowest BCUT2D eigenvalue weighted by Gasteiger charge is -2.11. The highest BCUT2D eigenvalue weighted by Crippen LogP contribution is 2.36. The number of thiophene rings is 1. The van der Waals surface area contributed by atoms with E-state index in [1.165, 1.54) is 0 Å². The first kappa shape index (κ1) is 20.7.